The first-order chi connectivity index (χ1) is 9.16. The highest BCUT2D eigenvalue weighted by atomic mass is 16.5. The Morgan fingerprint density at radius 2 is 2.42 bits per heavy atom. The van der Waals surface area contributed by atoms with E-state index < -0.39 is 0 Å². The van der Waals surface area contributed by atoms with Gasteiger partial charge in [0.15, 0.2) is 0 Å². The molecule has 0 radical (unpaired) electrons. The highest BCUT2D eigenvalue weighted by Gasteiger charge is 2.24. The molecule has 0 aliphatic carbocycles. The zero-order valence-corrected chi connectivity index (χ0v) is 11.5. The van der Waals surface area contributed by atoms with Crippen molar-refractivity contribution >= 4 is 5.91 Å². The van der Waals surface area contributed by atoms with Crippen LogP contribution in [-0.4, -0.2) is 54.7 Å². The van der Waals surface area contributed by atoms with Crippen molar-refractivity contribution in [3.05, 3.63) is 11.7 Å². The average Bonchev–Trinajstić information content (AvgIpc) is 3.03. The highest BCUT2D eigenvalue weighted by Crippen LogP contribution is 2.20. The lowest BCUT2D eigenvalue weighted by molar-refractivity contribution is 0.0939. The summed E-state index contributed by atoms with van der Waals surface area (Å²) >= 11 is 0. The first-order valence-corrected chi connectivity index (χ1v) is 6.67. The number of carbonyl (C=O) groups is 1. The van der Waals surface area contributed by atoms with Gasteiger partial charge in [-0.25, -0.2) is 0 Å². The van der Waals surface area contributed by atoms with E-state index in [-0.39, 0.29) is 17.8 Å². The molecule has 1 saturated heterocycles. The van der Waals surface area contributed by atoms with Crippen molar-refractivity contribution < 1.29 is 9.32 Å². The quantitative estimate of drug-likeness (QED) is 0.715. The van der Waals surface area contributed by atoms with Crippen LogP contribution in [0.1, 0.15) is 41.8 Å². The van der Waals surface area contributed by atoms with Crippen LogP contribution in [0.3, 0.4) is 0 Å². The minimum atomic E-state index is -0.272. The Morgan fingerprint density at radius 3 is 3.11 bits per heavy atom. The van der Waals surface area contributed by atoms with Crippen LogP contribution in [-0.2, 0) is 0 Å². The van der Waals surface area contributed by atoms with E-state index in [1.54, 1.807) is 0 Å². The minimum Gasteiger partial charge on any atom is -0.349 e. The number of hydrogen-bond donors (Lipinski definition) is 2. The third-order valence-electron chi connectivity index (χ3n) is 3.07. The fourth-order valence-corrected chi connectivity index (χ4v) is 2.04. The van der Waals surface area contributed by atoms with Crippen LogP contribution >= 0.6 is 0 Å². The molecule has 1 unspecified atom stereocenters. The van der Waals surface area contributed by atoms with Crippen LogP contribution in [0.15, 0.2) is 4.52 Å². The summed E-state index contributed by atoms with van der Waals surface area (Å²) in [4.78, 5) is 18.0. The molecule has 0 aromatic carbocycles. The van der Waals surface area contributed by atoms with Gasteiger partial charge in [-0.05, 0) is 46.4 Å². The summed E-state index contributed by atoms with van der Waals surface area (Å²) in [6.07, 6.45) is 2.97. The Hall–Kier alpha value is -1.47. The largest absolute Gasteiger partial charge is 0.349 e. The van der Waals surface area contributed by atoms with Crippen LogP contribution in [0, 0.1) is 0 Å². The molecule has 0 bridgehead atoms. The van der Waals surface area contributed by atoms with Crippen molar-refractivity contribution in [1.29, 1.82) is 0 Å². The first kappa shape index (κ1) is 14.0. The molecule has 1 amide bonds. The van der Waals surface area contributed by atoms with Gasteiger partial charge in [0.25, 0.3) is 11.7 Å². The van der Waals surface area contributed by atoms with Gasteiger partial charge in [-0.15, -0.1) is 0 Å². The van der Waals surface area contributed by atoms with Crippen LogP contribution in [0.2, 0.25) is 0 Å². The van der Waals surface area contributed by atoms with E-state index in [0.29, 0.717) is 12.4 Å². The van der Waals surface area contributed by atoms with E-state index in [9.17, 15) is 4.79 Å². The molecule has 7 heteroatoms. The molecule has 1 atom stereocenters. The van der Waals surface area contributed by atoms with Gasteiger partial charge in [-0.1, -0.05) is 5.16 Å². The maximum absolute atomic E-state index is 11.8. The lowest BCUT2D eigenvalue weighted by Crippen LogP contribution is -2.28. The van der Waals surface area contributed by atoms with Gasteiger partial charge in [0.2, 0.25) is 5.89 Å². The standard InChI is InChI=1S/C12H21N5O2/c1-17(2)8-4-7-14-11(18)10-15-12(19-16-10)9-5-3-6-13-9/h9,13H,3-8H2,1-2H3,(H,14,18). The van der Waals surface area contributed by atoms with Crippen LogP contribution < -0.4 is 10.6 Å². The van der Waals surface area contributed by atoms with E-state index in [1.165, 1.54) is 0 Å². The number of amides is 1. The molecule has 0 spiro atoms. The molecule has 1 fully saturated rings. The van der Waals surface area contributed by atoms with E-state index in [1.807, 2.05) is 14.1 Å². The molecule has 2 rings (SSSR count). The summed E-state index contributed by atoms with van der Waals surface area (Å²) in [6.45, 7) is 2.51. The number of nitrogens with one attached hydrogen (secondary N) is 2. The lowest BCUT2D eigenvalue weighted by atomic mass is 10.2. The van der Waals surface area contributed by atoms with Crippen molar-refractivity contribution in [2.75, 3.05) is 33.7 Å². The van der Waals surface area contributed by atoms with Gasteiger partial charge in [-0.2, -0.15) is 4.98 Å². The fourth-order valence-electron chi connectivity index (χ4n) is 2.04. The second kappa shape index (κ2) is 6.63. The molecule has 106 valence electrons. The van der Waals surface area contributed by atoms with Gasteiger partial charge >= 0.3 is 0 Å². The topological polar surface area (TPSA) is 83.3 Å². The maximum atomic E-state index is 11.8. The Balaban J connectivity index is 1.79. The third-order valence-corrected chi connectivity index (χ3v) is 3.07. The third kappa shape index (κ3) is 4.00. The molecule has 2 heterocycles. The minimum absolute atomic E-state index is 0.0998. The summed E-state index contributed by atoms with van der Waals surface area (Å²) in [5, 5.41) is 9.77. The lowest BCUT2D eigenvalue weighted by Gasteiger charge is -2.08. The molecular formula is C12H21N5O2. The molecule has 1 aliphatic rings. The highest BCUT2D eigenvalue weighted by molar-refractivity contribution is 5.90. The van der Waals surface area contributed by atoms with Gasteiger partial charge in [0.05, 0.1) is 6.04 Å². The molecule has 1 aromatic rings. The number of hydrogen-bond acceptors (Lipinski definition) is 6. The van der Waals surface area contributed by atoms with Crippen LogP contribution in [0.5, 0.6) is 0 Å². The van der Waals surface area contributed by atoms with Gasteiger partial charge in [-0.3, -0.25) is 4.79 Å². The van der Waals surface area contributed by atoms with Crippen molar-refractivity contribution in [3.8, 4) is 0 Å². The van der Waals surface area contributed by atoms with Crippen LogP contribution in [0.25, 0.3) is 0 Å². The summed E-state index contributed by atoms with van der Waals surface area (Å²) < 4.78 is 5.12. The Kier molecular flexibility index (Phi) is 4.86. The molecule has 7 nitrogen and oxygen atoms in total. The molecular weight excluding hydrogens is 246 g/mol. The normalized spacial score (nSPS) is 19.0. The second-order valence-electron chi connectivity index (χ2n) is 5.02. The number of nitrogens with zero attached hydrogens (tertiary/aromatic N) is 3. The molecule has 1 aromatic heterocycles. The van der Waals surface area contributed by atoms with Crippen LogP contribution in [0.4, 0.5) is 0 Å². The Morgan fingerprint density at radius 1 is 1.58 bits per heavy atom. The van der Waals surface area contributed by atoms with E-state index in [0.717, 1.165) is 32.4 Å². The Labute approximate surface area is 112 Å². The summed E-state index contributed by atoms with van der Waals surface area (Å²) in [5.74, 6) is 0.358. The van der Waals surface area contributed by atoms with Crippen molar-refractivity contribution in [1.82, 2.24) is 25.7 Å². The van der Waals surface area contributed by atoms with E-state index in [4.69, 9.17) is 4.52 Å². The SMILES string of the molecule is CN(C)CCCNC(=O)c1noc(C2CCCN2)n1. The molecule has 19 heavy (non-hydrogen) atoms. The van der Waals surface area contributed by atoms with Gasteiger partial charge < -0.3 is 20.1 Å². The monoisotopic (exact) mass is 267 g/mol. The predicted molar refractivity (Wildman–Crippen MR) is 69.8 cm³/mol. The van der Waals surface area contributed by atoms with E-state index in [2.05, 4.69) is 25.7 Å². The van der Waals surface area contributed by atoms with Gasteiger partial charge in [0, 0.05) is 6.54 Å². The smallest absolute Gasteiger partial charge is 0.292 e. The fraction of sp³-hybridized carbons (Fsp3) is 0.750. The zero-order chi connectivity index (χ0) is 13.7. The number of carbonyl (C=O) groups excluding carboxylic acids is 1. The van der Waals surface area contributed by atoms with E-state index >= 15 is 0 Å². The van der Waals surface area contributed by atoms with Gasteiger partial charge in [0.1, 0.15) is 0 Å². The molecule has 0 saturated carbocycles. The molecule has 2 N–H and O–H groups in total. The van der Waals surface area contributed by atoms with Crippen molar-refractivity contribution in [2.45, 2.75) is 25.3 Å². The van der Waals surface area contributed by atoms with Crippen molar-refractivity contribution in [3.63, 3.8) is 0 Å². The van der Waals surface area contributed by atoms with Crippen molar-refractivity contribution in [2.24, 2.45) is 0 Å². The maximum Gasteiger partial charge on any atom is 0.292 e. The second-order valence-corrected chi connectivity index (χ2v) is 5.02. The summed E-state index contributed by atoms with van der Waals surface area (Å²) in [6, 6.07) is 0.0998. The number of rotatable bonds is 6. The number of aromatic nitrogens is 2. The molecule has 1 aliphatic heterocycles. The first-order valence-electron chi connectivity index (χ1n) is 6.67. The summed E-state index contributed by atoms with van der Waals surface area (Å²) in [7, 11) is 4.00. The summed E-state index contributed by atoms with van der Waals surface area (Å²) in [5.41, 5.74) is 0. The zero-order valence-electron chi connectivity index (χ0n) is 11.5. The average molecular weight is 267 g/mol. The predicted octanol–water partition coefficient (Wildman–Crippen LogP) is 0.176. The Bertz CT molecular complexity index is 412.